The Kier molecular flexibility index (Phi) is 5.88. The molecule has 2 unspecified atom stereocenters. The summed E-state index contributed by atoms with van der Waals surface area (Å²) in [5.41, 5.74) is 0.526. The number of likely N-dealkylation sites (N-methyl/N-ethyl adjacent to an activating group) is 1. The van der Waals surface area contributed by atoms with Crippen molar-refractivity contribution in [3.8, 4) is 0 Å². The Hall–Kier alpha value is -0.120. The Morgan fingerprint density at radius 2 is 1.90 bits per heavy atom. The van der Waals surface area contributed by atoms with Gasteiger partial charge in [-0.05, 0) is 31.2 Å². The molecular weight excluding hydrogens is 246 g/mol. The highest BCUT2D eigenvalue weighted by atomic mass is 15.2. The van der Waals surface area contributed by atoms with Crippen molar-refractivity contribution in [1.29, 1.82) is 0 Å². The molecule has 1 heterocycles. The van der Waals surface area contributed by atoms with E-state index in [4.69, 9.17) is 0 Å². The van der Waals surface area contributed by atoms with Crippen LogP contribution in [0, 0.1) is 11.3 Å². The molecule has 1 aliphatic carbocycles. The van der Waals surface area contributed by atoms with E-state index < -0.39 is 0 Å². The van der Waals surface area contributed by atoms with E-state index in [0.29, 0.717) is 11.5 Å². The molecule has 0 amide bonds. The fourth-order valence-electron chi connectivity index (χ4n) is 4.03. The molecule has 0 spiro atoms. The summed E-state index contributed by atoms with van der Waals surface area (Å²) in [6.45, 7) is 14.5. The quantitative estimate of drug-likeness (QED) is 0.835. The summed E-state index contributed by atoms with van der Waals surface area (Å²) in [4.78, 5) is 5.18. The molecule has 0 aromatic rings. The van der Waals surface area contributed by atoms with Gasteiger partial charge in [0, 0.05) is 45.3 Å². The predicted octanol–water partition coefficient (Wildman–Crippen LogP) is 2.43. The highest BCUT2D eigenvalue weighted by Gasteiger charge is 2.36. The van der Waals surface area contributed by atoms with Crippen molar-refractivity contribution < 1.29 is 0 Å². The van der Waals surface area contributed by atoms with Gasteiger partial charge in [0.2, 0.25) is 0 Å². The zero-order valence-corrected chi connectivity index (χ0v) is 14.1. The minimum atomic E-state index is 0.526. The molecular formula is C17H35N3. The standard InChI is InChI=1S/C17H35N3/c1-15(2)18-13-17(7-5-6-16(3)12-17)14-20-10-8-19(4)9-11-20/h15-16,18H,5-14H2,1-4H3. The van der Waals surface area contributed by atoms with Crippen molar-refractivity contribution in [1.82, 2.24) is 15.1 Å². The first-order valence-electron chi connectivity index (χ1n) is 8.63. The summed E-state index contributed by atoms with van der Waals surface area (Å²) >= 11 is 0. The van der Waals surface area contributed by atoms with Crippen molar-refractivity contribution in [3.63, 3.8) is 0 Å². The molecule has 0 aromatic carbocycles. The van der Waals surface area contributed by atoms with E-state index in [-0.39, 0.29) is 0 Å². The number of nitrogens with zero attached hydrogens (tertiary/aromatic N) is 2. The zero-order chi connectivity index (χ0) is 14.6. The lowest BCUT2D eigenvalue weighted by Crippen LogP contribution is -2.52. The summed E-state index contributed by atoms with van der Waals surface area (Å²) in [6, 6.07) is 0.608. The van der Waals surface area contributed by atoms with Gasteiger partial charge in [-0.3, -0.25) is 0 Å². The highest BCUT2D eigenvalue weighted by Crippen LogP contribution is 2.39. The summed E-state index contributed by atoms with van der Waals surface area (Å²) in [5, 5.41) is 3.74. The fourth-order valence-corrected chi connectivity index (χ4v) is 4.03. The molecule has 2 rings (SSSR count). The van der Waals surface area contributed by atoms with Crippen molar-refractivity contribution in [2.24, 2.45) is 11.3 Å². The lowest BCUT2D eigenvalue weighted by Gasteiger charge is -2.45. The van der Waals surface area contributed by atoms with Crippen LogP contribution >= 0.6 is 0 Å². The average molecular weight is 281 g/mol. The van der Waals surface area contributed by atoms with Gasteiger partial charge in [-0.15, -0.1) is 0 Å². The van der Waals surface area contributed by atoms with Gasteiger partial charge in [0.25, 0.3) is 0 Å². The molecule has 2 aliphatic rings. The van der Waals surface area contributed by atoms with Crippen LogP contribution in [0.2, 0.25) is 0 Å². The molecule has 0 aromatic heterocycles. The topological polar surface area (TPSA) is 18.5 Å². The van der Waals surface area contributed by atoms with Gasteiger partial charge in [0.05, 0.1) is 0 Å². The van der Waals surface area contributed by atoms with Crippen LogP contribution in [-0.4, -0.2) is 62.2 Å². The van der Waals surface area contributed by atoms with Gasteiger partial charge in [0.1, 0.15) is 0 Å². The van der Waals surface area contributed by atoms with Gasteiger partial charge in [-0.1, -0.05) is 33.6 Å². The number of nitrogens with one attached hydrogen (secondary N) is 1. The second-order valence-corrected chi connectivity index (χ2v) is 7.82. The first kappa shape index (κ1) is 16.3. The molecule has 118 valence electrons. The molecule has 2 atom stereocenters. The molecule has 2 fully saturated rings. The van der Waals surface area contributed by atoms with Gasteiger partial charge in [-0.2, -0.15) is 0 Å². The smallest absolute Gasteiger partial charge is 0.0110 e. The monoisotopic (exact) mass is 281 g/mol. The third-order valence-corrected chi connectivity index (χ3v) is 5.23. The predicted molar refractivity (Wildman–Crippen MR) is 87.1 cm³/mol. The maximum atomic E-state index is 3.74. The maximum absolute atomic E-state index is 3.74. The lowest BCUT2D eigenvalue weighted by atomic mass is 9.69. The normalized spacial score (nSPS) is 33.8. The Morgan fingerprint density at radius 3 is 2.50 bits per heavy atom. The highest BCUT2D eigenvalue weighted by molar-refractivity contribution is 4.91. The molecule has 0 bridgehead atoms. The van der Waals surface area contributed by atoms with Gasteiger partial charge in [0.15, 0.2) is 0 Å². The van der Waals surface area contributed by atoms with Crippen molar-refractivity contribution in [3.05, 3.63) is 0 Å². The zero-order valence-electron chi connectivity index (χ0n) is 14.1. The molecule has 1 aliphatic heterocycles. The van der Waals surface area contributed by atoms with Crippen LogP contribution in [0.1, 0.15) is 46.5 Å². The van der Waals surface area contributed by atoms with Crippen molar-refractivity contribution >= 4 is 0 Å². The summed E-state index contributed by atoms with van der Waals surface area (Å²) < 4.78 is 0. The van der Waals surface area contributed by atoms with Crippen molar-refractivity contribution in [2.45, 2.75) is 52.5 Å². The molecule has 1 N–H and O–H groups in total. The van der Waals surface area contributed by atoms with Crippen molar-refractivity contribution in [2.75, 3.05) is 46.3 Å². The summed E-state index contributed by atoms with van der Waals surface area (Å²) in [7, 11) is 2.25. The molecule has 1 saturated carbocycles. The SMILES string of the molecule is CC1CCCC(CNC(C)C)(CN2CCN(C)CC2)C1. The van der Waals surface area contributed by atoms with E-state index in [1.165, 1.54) is 65.0 Å². The molecule has 1 saturated heterocycles. The molecule has 20 heavy (non-hydrogen) atoms. The van der Waals surface area contributed by atoms with Crippen LogP contribution in [0.3, 0.4) is 0 Å². The van der Waals surface area contributed by atoms with Crippen LogP contribution in [0.5, 0.6) is 0 Å². The number of hydrogen-bond acceptors (Lipinski definition) is 3. The average Bonchev–Trinajstić information content (AvgIpc) is 2.39. The van der Waals surface area contributed by atoms with E-state index in [1.807, 2.05) is 0 Å². The van der Waals surface area contributed by atoms with Crippen LogP contribution in [-0.2, 0) is 0 Å². The van der Waals surface area contributed by atoms with E-state index in [2.05, 4.69) is 42.9 Å². The van der Waals surface area contributed by atoms with E-state index in [1.54, 1.807) is 0 Å². The van der Waals surface area contributed by atoms with E-state index in [0.717, 1.165) is 5.92 Å². The Balaban J connectivity index is 1.94. The molecule has 3 heteroatoms. The molecule has 0 radical (unpaired) electrons. The largest absolute Gasteiger partial charge is 0.314 e. The number of hydrogen-bond donors (Lipinski definition) is 1. The summed E-state index contributed by atoms with van der Waals surface area (Å²) in [6.07, 6.45) is 5.70. The maximum Gasteiger partial charge on any atom is 0.0110 e. The Bertz CT molecular complexity index is 284. The summed E-state index contributed by atoms with van der Waals surface area (Å²) in [5.74, 6) is 0.908. The van der Waals surface area contributed by atoms with E-state index >= 15 is 0 Å². The van der Waals surface area contributed by atoms with Gasteiger partial charge in [-0.25, -0.2) is 0 Å². The lowest BCUT2D eigenvalue weighted by molar-refractivity contribution is 0.0536. The fraction of sp³-hybridized carbons (Fsp3) is 1.00. The van der Waals surface area contributed by atoms with Crippen LogP contribution < -0.4 is 5.32 Å². The van der Waals surface area contributed by atoms with Gasteiger partial charge < -0.3 is 15.1 Å². The Morgan fingerprint density at radius 1 is 1.20 bits per heavy atom. The minimum absolute atomic E-state index is 0.526. The van der Waals surface area contributed by atoms with Crippen LogP contribution in [0.4, 0.5) is 0 Å². The Labute approximate surface area is 126 Å². The minimum Gasteiger partial charge on any atom is -0.314 e. The number of rotatable bonds is 5. The van der Waals surface area contributed by atoms with Crippen LogP contribution in [0.15, 0.2) is 0 Å². The third-order valence-electron chi connectivity index (χ3n) is 5.23. The first-order valence-corrected chi connectivity index (χ1v) is 8.63. The van der Waals surface area contributed by atoms with Gasteiger partial charge >= 0.3 is 0 Å². The second-order valence-electron chi connectivity index (χ2n) is 7.82. The molecule has 3 nitrogen and oxygen atoms in total. The first-order chi connectivity index (χ1) is 9.49. The van der Waals surface area contributed by atoms with Crippen LogP contribution in [0.25, 0.3) is 0 Å². The third kappa shape index (κ3) is 4.71. The second kappa shape index (κ2) is 7.24. The van der Waals surface area contributed by atoms with E-state index in [9.17, 15) is 0 Å². The number of piperazine rings is 1.